The van der Waals surface area contributed by atoms with Crippen molar-refractivity contribution >= 4 is 29.2 Å². The number of nitrogens with zero attached hydrogens (tertiary/aromatic N) is 1. The normalized spacial score (nSPS) is 15.8. The zero-order chi connectivity index (χ0) is 15.4. The summed E-state index contributed by atoms with van der Waals surface area (Å²) in [6, 6.07) is 4.85. The highest BCUT2D eigenvalue weighted by molar-refractivity contribution is 6.34. The first-order valence-corrected chi connectivity index (χ1v) is 7.25. The Hall–Kier alpha value is -1.79. The fraction of sp³-hybridized carbons (Fsp3) is 0.429. The monoisotopic (exact) mass is 310 g/mol. The third-order valence-electron chi connectivity index (χ3n) is 3.25. The molecule has 4 N–H and O–H groups in total. The number of urea groups is 1. The van der Waals surface area contributed by atoms with Crippen LogP contribution in [0.15, 0.2) is 18.2 Å². The summed E-state index contributed by atoms with van der Waals surface area (Å²) in [6.07, 6.45) is 0.692. The Morgan fingerprint density at radius 2 is 2.33 bits per heavy atom. The minimum Gasteiger partial charge on any atom is -0.352 e. The molecule has 0 aromatic heterocycles. The second-order valence-electron chi connectivity index (χ2n) is 5.07. The maximum atomic E-state index is 12.1. The average molecular weight is 311 g/mol. The van der Waals surface area contributed by atoms with E-state index >= 15 is 0 Å². The second-order valence-corrected chi connectivity index (χ2v) is 5.48. The van der Waals surface area contributed by atoms with E-state index in [0.717, 1.165) is 0 Å². The molecule has 1 heterocycles. The highest BCUT2D eigenvalue weighted by Gasteiger charge is 2.22. The molecule has 1 unspecified atom stereocenters. The van der Waals surface area contributed by atoms with Crippen LogP contribution in [0.3, 0.4) is 0 Å². The third-order valence-corrected chi connectivity index (χ3v) is 3.58. The Balaban J connectivity index is 2.11. The van der Waals surface area contributed by atoms with Gasteiger partial charge in [-0.1, -0.05) is 11.6 Å². The van der Waals surface area contributed by atoms with Gasteiger partial charge in [-0.05, 0) is 31.5 Å². The van der Waals surface area contributed by atoms with E-state index in [1.165, 1.54) is 0 Å². The zero-order valence-electron chi connectivity index (χ0n) is 11.9. The van der Waals surface area contributed by atoms with Gasteiger partial charge in [0, 0.05) is 31.4 Å². The fourth-order valence-electron chi connectivity index (χ4n) is 2.08. The van der Waals surface area contributed by atoms with Crippen LogP contribution < -0.4 is 21.3 Å². The number of carbonyl (C=O) groups is 2. The van der Waals surface area contributed by atoms with Gasteiger partial charge in [-0.2, -0.15) is 0 Å². The van der Waals surface area contributed by atoms with E-state index in [2.05, 4.69) is 10.6 Å². The maximum Gasteiger partial charge on any atom is 0.321 e. The summed E-state index contributed by atoms with van der Waals surface area (Å²) in [5, 5.41) is 5.85. The Bertz CT molecular complexity index is 548. The van der Waals surface area contributed by atoms with Crippen LogP contribution in [0.4, 0.5) is 10.5 Å². The number of rotatable bonds is 5. The highest BCUT2D eigenvalue weighted by atomic mass is 35.5. The lowest BCUT2D eigenvalue weighted by atomic mass is 10.1. The number of halogens is 1. The van der Waals surface area contributed by atoms with Crippen LogP contribution in [0.2, 0.25) is 5.02 Å². The van der Waals surface area contributed by atoms with Gasteiger partial charge < -0.3 is 16.4 Å². The molecular weight excluding hydrogens is 292 g/mol. The summed E-state index contributed by atoms with van der Waals surface area (Å²) in [4.78, 5) is 25.4. The molecule has 21 heavy (non-hydrogen) atoms. The molecule has 3 amide bonds. The first-order valence-electron chi connectivity index (χ1n) is 6.87. The fourth-order valence-corrected chi connectivity index (χ4v) is 2.29. The van der Waals surface area contributed by atoms with E-state index in [9.17, 15) is 9.59 Å². The summed E-state index contributed by atoms with van der Waals surface area (Å²) < 4.78 is 0. The molecular formula is C14H19ClN4O2. The summed E-state index contributed by atoms with van der Waals surface area (Å²) >= 11 is 6.07. The molecule has 7 heteroatoms. The number of hydrogen-bond acceptors (Lipinski definition) is 3. The third kappa shape index (κ3) is 3.86. The Morgan fingerprint density at radius 1 is 1.57 bits per heavy atom. The van der Waals surface area contributed by atoms with Crippen molar-refractivity contribution in [3.63, 3.8) is 0 Å². The molecule has 6 nitrogen and oxygen atoms in total. The Morgan fingerprint density at radius 3 is 2.95 bits per heavy atom. The van der Waals surface area contributed by atoms with Crippen LogP contribution in [-0.2, 0) is 0 Å². The van der Waals surface area contributed by atoms with Gasteiger partial charge in [0.15, 0.2) is 0 Å². The van der Waals surface area contributed by atoms with Gasteiger partial charge in [-0.15, -0.1) is 0 Å². The van der Waals surface area contributed by atoms with Crippen molar-refractivity contribution in [2.75, 3.05) is 24.5 Å². The maximum absolute atomic E-state index is 12.1. The summed E-state index contributed by atoms with van der Waals surface area (Å²) in [7, 11) is 0. The van der Waals surface area contributed by atoms with E-state index in [1.54, 1.807) is 23.1 Å². The molecule has 0 spiro atoms. The lowest BCUT2D eigenvalue weighted by Crippen LogP contribution is -2.30. The van der Waals surface area contributed by atoms with Crippen LogP contribution in [0, 0.1) is 0 Å². The van der Waals surface area contributed by atoms with E-state index < -0.39 is 0 Å². The largest absolute Gasteiger partial charge is 0.352 e. The molecule has 1 aliphatic heterocycles. The number of carbonyl (C=O) groups excluding carboxylic acids is 2. The summed E-state index contributed by atoms with van der Waals surface area (Å²) in [6.45, 7) is 3.54. The van der Waals surface area contributed by atoms with E-state index in [4.69, 9.17) is 17.3 Å². The van der Waals surface area contributed by atoms with Crippen molar-refractivity contribution in [3.05, 3.63) is 28.8 Å². The van der Waals surface area contributed by atoms with E-state index in [-0.39, 0.29) is 18.0 Å². The van der Waals surface area contributed by atoms with E-state index in [0.29, 0.717) is 42.3 Å². The van der Waals surface area contributed by atoms with E-state index in [1.807, 2.05) is 6.92 Å². The number of nitrogens with two attached hydrogens (primary N) is 1. The van der Waals surface area contributed by atoms with Crippen LogP contribution in [0.25, 0.3) is 0 Å². The molecule has 0 aliphatic carbocycles. The van der Waals surface area contributed by atoms with Gasteiger partial charge in [-0.3, -0.25) is 9.69 Å². The first-order chi connectivity index (χ1) is 9.99. The van der Waals surface area contributed by atoms with Gasteiger partial charge in [0.2, 0.25) is 0 Å². The number of hydrogen-bond donors (Lipinski definition) is 3. The smallest absolute Gasteiger partial charge is 0.321 e. The summed E-state index contributed by atoms with van der Waals surface area (Å²) in [5.74, 6) is -0.262. The topological polar surface area (TPSA) is 87.5 Å². The molecule has 0 radical (unpaired) electrons. The van der Waals surface area contributed by atoms with Crippen LogP contribution in [0.1, 0.15) is 23.7 Å². The zero-order valence-corrected chi connectivity index (χ0v) is 12.6. The number of anilines is 1. The van der Waals surface area contributed by atoms with Gasteiger partial charge in [0.1, 0.15) is 0 Å². The molecule has 0 saturated carbocycles. The predicted molar refractivity (Wildman–Crippen MR) is 82.8 cm³/mol. The predicted octanol–water partition coefficient (Wildman–Crippen LogP) is 1.34. The standard InChI is InChI=1S/C14H19ClN4O2/c1-9(16)4-5-17-13(20)11-8-10(2-3-12(11)15)19-7-6-18-14(19)21/h2-3,8-9H,4-7,16H2,1H3,(H,17,20)(H,18,21). The Labute approximate surface area is 128 Å². The van der Waals surface area contributed by atoms with Gasteiger partial charge in [0.05, 0.1) is 10.6 Å². The summed E-state index contributed by atoms with van der Waals surface area (Å²) in [5.41, 5.74) is 6.66. The van der Waals surface area contributed by atoms with Crippen molar-refractivity contribution in [2.24, 2.45) is 5.73 Å². The molecule has 1 aromatic carbocycles. The minimum atomic E-state index is -0.262. The molecule has 0 bridgehead atoms. The van der Waals surface area contributed by atoms with Crippen molar-refractivity contribution in [3.8, 4) is 0 Å². The number of nitrogens with one attached hydrogen (secondary N) is 2. The number of amides is 3. The SMILES string of the molecule is CC(N)CCNC(=O)c1cc(N2CCNC2=O)ccc1Cl. The second kappa shape index (κ2) is 6.78. The highest BCUT2D eigenvalue weighted by Crippen LogP contribution is 2.24. The molecule has 2 rings (SSSR count). The molecule has 1 aromatic rings. The molecule has 1 atom stereocenters. The Kier molecular flexibility index (Phi) is 5.03. The first kappa shape index (κ1) is 15.6. The van der Waals surface area contributed by atoms with Crippen molar-refractivity contribution < 1.29 is 9.59 Å². The molecule has 1 fully saturated rings. The lowest BCUT2D eigenvalue weighted by Gasteiger charge is -2.16. The van der Waals surface area contributed by atoms with Gasteiger partial charge in [0.25, 0.3) is 5.91 Å². The van der Waals surface area contributed by atoms with Crippen molar-refractivity contribution in [2.45, 2.75) is 19.4 Å². The molecule has 1 aliphatic rings. The van der Waals surface area contributed by atoms with Crippen LogP contribution in [-0.4, -0.2) is 37.6 Å². The lowest BCUT2D eigenvalue weighted by molar-refractivity contribution is 0.0953. The van der Waals surface area contributed by atoms with Gasteiger partial charge in [-0.25, -0.2) is 4.79 Å². The van der Waals surface area contributed by atoms with Crippen molar-refractivity contribution in [1.82, 2.24) is 10.6 Å². The molecule has 114 valence electrons. The average Bonchev–Trinajstić information content (AvgIpc) is 2.85. The molecule has 1 saturated heterocycles. The van der Waals surface area contributed by atoms with Crippen molar-refractivity contribution in [1.29, 1.82) is 0 Å². The minimum absolute atomic E-state index is 0.0282. The van der Waals surface area contributed by atoms with Crippen LogP contribution in [0.5, 0.6) is 0 Å². The van der Waals surface area contributed by atoms with Gasteiger partial charge >= 0.3 is 6.03 Å². The van der Waals surface area contributed by atoms with Crippen LogP contribution >= 0.6 is 11.6 Å². The number of benzene rings is 1. The quantitative estimate of drug-likeness (QED) is 0.767.